The molecule has 1 unspecified atom stereocenters. The Bertz CT molecular complexity index is 1100. The van der Waals surface area contributed by atoms with E-state index in [0.717, 1.165) is 77.0 Å². The van der Waals surface area contributed by atoms with Gasteiger partial charge in [0.25, 0.3) is 0 Å². The van der Waals surface area contributed by atoms with E-state index in [2.05, 4.69) is 45.1 Å². The van der Waals surface area contributed by atoms with E-state index in [9.17, 15) is 14.4 Å². The molecule has 0 rings (SSSR count). The highest BCUT2D eigenvalue weighted by molar-refractivity contribution is 5.71. The average molecular weight is 958 g/mol. The van der Waals surface area contributed by atoms with Gasteiger partial charge in [0.05, 0.1) is 0 Å². The Kier molecular flexibility index (Phi) is 55.7. The lowest BCUT2D eigenvalue weighted by Crippen LogP contribution is -2.30. The van der Waals surface area contributed by atoms with Crippen molar-refractivity contribution in [2.24, 2.45) is 0 Å². The largest absolute Gasteiger partial charge is 0.462 e. The van der Waals surface area contributed by atoms with Crippen molar-refractivity contribution in [3.8, 4) is 0 Å². The van der Waals surface area contributed by atoms with Crippen molar-refractivity contribution in [1.29, 1.82) is 0 Å². The third-order valence-corrected chi connectivity index (χ3v) is 13.7. The molecule has 0 aliphatic carbocycles. The molecule has 0 bridgehead atoms. The summed E-state index contributed by atoms with van der Waals surface area (Å²) in [4.78, 5) is 37.8. The van der Waals surface area contributed by atoms with E-state index in [1.807, 2.05) is 0 Å². The maximum Gasteiger partial charge on any atom is 0.306 e. The molecule has 0 saturated heterocycles. The number of rotatable bonds is 56. The molecular formula is C62H116O6. The summed E-state index contributed by atoms with van der Waals surface area (Å²) < 4.78 is 16.8. The second-order valence-electron chi connectivity index (χ2n) is 20.6. The van der Waals surface area contributed by atoms with Gasteiger partial charge in [-0.15, -0.1) is 0 Å². The number of ether oxygens (including phenoxy) is 3. The van der Waals surface area contributed by atoms with Crippen LogP contribution in [0.5, 0.6) is 0 Å². The average Bonchev–Trinajstić information content (AvgIpc) is 3.34. The first-order chi connectivity index (χ1) is 33.5. The van der Waals surface area contributed by atoms with E-state index in [1.54, 1.807) is 0 Å². The molecule has 0 aromatic heterocycles. The zero-order valence-corrected chi connectivity index (χ0v) is 45.9. The van der Waals surface area contributed by atoms with Crippen LogP contribution >= 0.6 is 0 Å². The second kappa shape index (κ2) is 57.5. The van der Waals surface area contributed by atoms with E-state index in [-0.39, 0.29) is 31.1 Å². The van der Waals surface area contributed by atoms with Gasteiger partial charge in [0, 0.05) is 19.3 Å². The molecule has 0 radical (unpaired) electrons. The molecule has 400 valence electrons. The predicted octanol–water partition coefficient (Wildman–Crippen LogP) is 20.3. The molecule has 0 aliphatic heterocycles. The Morgan fingerprint density at radius 2 is 0.529 bits per heavy atom. The van der Waals surface area contributed by atoms with Gasteiger partial charge in [-0.05, 0) is 51.4 Å². The van der Waals surface area contributed by atoms with Gasteiger partial charge in [0.15, 0.2) is 6.10 Å². The standard InChI is InChI=1S/C62H116O6/c1-4-7-10-13-16-18-20-22-24-25-26-27-28-29-30-31-32-33-34-35-36-37-39-40-42-44-46-49-52-55-61(64)67-58-59(57-66-60(63)54-51-48-15-12-9-6-3)68-62(65)56-53-50-47-45-43-41-38-23-21-19-17-14-11-8-5-2/h17,19,23,38,59H,4-16,18,20-22,24-37,39-58H2,1-3H3/b19-17-,38-23-. The summed E-state index contributed by atoms with van der Waals surface area (Å²) in [6.45, 7) is 6.59. The Labute approximate surface area is 423 Å². The van der Waals surface area contributed by atoms with E-state index in [1.165, 1.54) is 218 Å². The third-order valence-electron chi connectivity index (χ3n) is 13.7. The number of carbonyl (C=O) groups is 3. The lowest BCUT2D eigenvalue weighted by Gasteiger charge is -2.18. The van der Waals surface area contributed by atoms with Crippen molar-refractivity contribution in [3.63, 3.8) is 0 Å². The Morgan fingerprint density at radius 3 is 0.838 bits per heavy atom. The van der Waals surface area contributed by atoms with E-state index >= 15 is 0 Å². The summed E-state index contributed by atoms with van der Waals surface area (Å²) in [5, 5.41) is 0. The minimum Gasteiger partial charge on any atom is -0.462 e. The maximum atomic E-state index is 12.8. The Balaban J connectivity index is 3.97. The highest BCUT2D eigenvalue weighted by Crippen LogP contribution is 2.18. The van der Waals surface area contributed by atoms with Gasteiger partial charge in [0.1, 0.15) is 13.2 Å². The van der Waals surface area contributed by atoms with Crippen LogP contribution in [0.1, 0.15) is 335 Å². The zero-order valence-electron chi connectivity index (χ0n) is 45.9. The Morgan fingerprint density at radius 1 is 0.294 bits per heavy atom. The molecule has 0 N–H and O–H groups in total. The highest BCUT2D eigenvalue weighted by atomic mass is 16.6. The molecule has 0 aromatic rings. The quantitative estimate of drug-likeness (QED) is 0.0262. The van der Waals surface area contributed by atoms with Crippen LogP contribution in [0.2, 0.25) is 0 Å². The number of carbonyl (C=O) groups excluding carboxylic acids is 3. The highest BCUT2D eigenvalue weighted by Gasteiger charge is 2.19. The number of unbranched alkanes of at least 4 members (excludes halogenated alkanes) is 41. The molecule has 0 saturated carbocycles. The summed E-state index contributed by atoms with van der Waals surface area (Å²) in [7, 11) is 0. The van der Waals surface area contributed by atoms with Crippen molar-refractivity contribution in [3.05, 3.63) is 24.3 Å². The molecule has 1 atom stereocenters. The molecule has 0 fully saturated rings. The monoisotopic (exact) mass is 957 g/mol. The molecule has 6 nitrogen and oxygen atoms in total. The topological polar surface area (TPSA) is 78.9 Å². The van der Waals surface area contributed by atoms with Gasteiger partial charge >= 0.3 is 17.9 Å². The fourth-order valence-corrected chi connectivity index (χ4v) is 9.12. The first-order valence-corrected chi connectivity index (χ1v) is 30.3. The summed E-state index contributed by atoms with van der Waals surface area (Å²) >= 11 is 0. The first kappa shape index (κ1) is 65.9. The van der Waals surface area contributed by atoms with Crippen LogP contribution in [0.4, 0.5) is 0 Å². The molecule has 0 amide bonds. The van der Waals surface area contributed by atoms with E-state index < -0.39 is 6.10 Å². The molecule has 0 aromatic carbocycles. The lowest BCUT2D eigenvalue weighted by molar-refractivity contribution is -0.167. The van der Waals surface area contributed by atoms with Gasteiger partial charge < -0.3 is 14.2 Å². The van der Waals surface area contributed by atoms with Crippen LogP contribution in [-0.4, -0.2) is 37.2 Å². The lowest BCUT2D eigenvalue weighted by atomic mass is 10.0. The van der Waals surface area contributed by atoms with Crippen molar-refractivity contribution < 1.29 is 28.6 Å². The minimum absolute atomic E-state index is 0.0728. The summed E-state index contributed by atoms with van der Waals surface area (Å²) in [6.07, 6.45) is 68.0. The van der Waals surface area contributed by atoms with Crippen LogP contribution in [0, 0.1) is 0 Å². The smallest absolute Gasteiger partial charge is 0.306 e. The zero-order chi connectivity index (χ0) is 49.3. The number of allylic oxidation sites excluding steroid dienone is 4. The van der Waals surface area contributed by atoms with Crippen LogP contribution < -0.4 is 0 Å². The Hall–Kier alpha value is -2.11. The van der Waals surface area contributed by atoms with Gasteiger partial charge in [0.2, 0.25) is 0 Å². The van der Waals surface area contributed by atoms with Crippen molar-refractivity contribution in [1.82, 2.24) is 0 Å². The third kappa shape index (κ3) is 54.8. The van der Waals surface area contributed by atoms with Crippen molar-refractivity contribution in [2.75, 3.05) is 13.2 Å². The summed E-state index contributed by atoms with van der Waals surface area (Å²) in [5.74, 6) is -0.879. The summed E-state index contributed by atoms with van der Waals surface area (Å²) in [5.41, 5.74) is 0. The van der Waals surface area contributed by atoms with E-state index in [4.69, 9.17) is 14.2 Å². The van der Waals surface area contributed by atoms with Crippen molar-refractivity contribution in [2.45, 2.75) is 341 Å². The van der Waals surface area contributed by atoms with Crippen molar-refractivity contribution >= 4 is 17.9 Å². The minimum atomic E-state index is -0.772. The molecular weight excluding hydrogens is 841 g/mol. The molecule has 68 heavy (non-hydrogen) atoms. The van der Waals surface area contributed by atoms with Crippen LogP contribution in [-0.2, 0) is 28.6 Å². The first-order valence-electron chi connectivity index (χ1n) is 30.3. The molecule has 6 heteroatoms. The predicted molar refractivity (Wildman–Crippen MR) is 293 cm³/mol. The fourth-order valence-electron chi connectivity index (χ4n) is 9.12. The maximum absolute atomic E-state index is 12.8. The number of hydrogen-bond acceptors (Lipinski definition) is 6. The normalized spacial score (nSPS) is 12.1. The van der Waals surface area contributed by atoms with Crippen LogP contribution in [0.3, 0.4) is 0 Å². The molecule has 0 heterocycles. The van der Waals surface area contributed by atoms with Crippen LogP contribution in [0.15, 0.2) is 24.3 Å². The van der Waals surface area contributed by atoms with Gasteiger partial charge in [-0.2, -0.15) is 0 Å². The van der Waals surface area contributed by atoms with Gasteiger partial charge in [-0.25, -0.2) is 0 Å². The number of esters is 3. The number of hydrogen-bond donors (Lipinski definition) is 0. The van der Waals surface area contributed by atoms with Crippen LogP contribution in [0.25, 0.3) is 0 Å². The SMILES string of the molecule is CCCCC/C=C\C/C=C\CCCCCCCC(=O)OC(COC(=O)CCCCCCCC)COC(=O)CCCCCCCCCCCCCCCCCCCCCCCCCCCCCCC. The fraction of sp³-hybridized carbons (Fsp3) is 0.887. The van der Waals surface area contributed by atoms with E-state index in [0.29, 0.717) is 19.3 Å². The summed E-state index contributed by atoms with van der Waals surface area (Å²) in [6, 6.07) is 0. The molecule has 0 spiro atoms. The second-order valence-corrected chi connectivity index (χ2v) is 20.6. The van der Waals surface area contributed by atoms with Gasteiger partial charge in [-0.3, -0.25) is 14.4 Å². The molecule has 0 aliphatic rings. The van der Waals surface area contributed by atoms with Gasteiger partial charge in [-0.1, -0.05) is 289 Å².